The van der Waals surface area contributed by atoms with E-state index in [4.69, 9.17) is 16.0 Å². The van der Waals surface area contributed by atoms with E-state index in [-0.39, 0.29) is 5.82 Å². The Bertz CT molecular complexity index is 1240. The van der Waals surface area contributed by atoms with Gasteiger partial charge >= 0.3 is 0 Å². The highest BCUT2D eigenvalue weighted by Gasteiger charge is 2.20. The highest BCUT2D eigenvalue weighted by Crippen LogP contribution is 2.27. The molecule has 1 fully saturated rings. The third kappa shape index (κ3) is 4.11. The third-order valence-electron chi connectivity index (χ3n) is 5.57. The molecule has 0 amide bonds. The van der Waals surface area contributed by atoms with Crippen molar-refractivity contribution < 1.29 is 8.81 Å². The zero-order valence-corrected chi connectivity index (χ0v) is 18.3. The van der Waals surface area contributed by atoms with Crippen molar-refractivity contribution in [3.05, 3.63) is 58.9 Å². The molecule has 1 aliphatic heterocycles. The zero-order valence-electron chi connectivity index (χ0n) is 17.5. The molecule has 4 heterocycles. The molecule has 3 aromatic heterocycles. The summed E-state index contributed by atoms with van der Waals surface area (Å²) in [7, 11) is 0. The van der Waals surface area contributed by atoms with Crippen molar-refractivity contribution in [1.82, 2.24) is 29.5 Å². The fourth-order valence-electron chi connectivity index (χ4n) is 3.86. The first-order chi connectivity index (χ1) is 15.6. The molecule has 0 saturated carbocycles. The largest absolute Gasteiger partial charge is 0.425 e. The number of rotatable bonds is 5. The van der Waals surface area contributed by atoms with E-state index >= 15 is 0 Å². The maximum atomic E-state index is 14.3. The SMILES string of the molecule is Cc1ccc(F)c(CN2CCCN(c3ccc(Nc4ncnc5ncnn45)o3)CC2)c1Cl. The quantitative estimate of drug-likeness (QED) is 0.486. The number of anilines is 3. The van der Waals surface area contributed by atoms with E-state index in [1.54, 1.807) is 6.07 Å². The lowest BCUT2D eigenvalue weighted by atomic mass is 10.1. The van der Waals surface area contributed by atoms with Gasteiger partial charge < -0.3 is 9.32 Å². The highest BCUT2D eigenvalue weighted by molar-refractivity contribution is 6.32. The van der Waals surface area contributed by atoms with Crippen molar-refractivity contribution in [2.75, 3.05) is 36.4 Å². The summed E-state index contributed by atoms with van der Waals surface area (Å²) in [5, 5.41) is 7.74. The van der Waals surface area contributed by atoms with Crippen LogP contribution in [0.25, 0.3) is 5.78 Å². The third-order valence-corrected chi connectivity index (χ3v) is 6.10. The van der Waals surface area contributed by atoms with Gasteiger partial charge in [-0.25, -0.2) is 9.37 Å². The van der Waals surface area contributed by atoms with Crippen molar-refractivity contribution in [3.8, 4) is 0 Å². The molecule has 166 valence electrons. The molecule has 0 unspecified atom stereocenters. The Labute approximate surface area is 188 Å². The molecule has 9 nitrogen and oxygen atoms in total. The van der Waals surface area contributed by atoms with Crippen molar-refractivity contribution in [2.24, 2.45) is 0 Å². The second-order valence-corrected chi connectivity index (χ2v) is 8.08. The smallest absolute Gasteiger partial charge is 0.256 e. The van der Waals surface area contributed by atoms with Crippen LogP contribution in [0.3, 0.4) is 0 Å². The van der Waals surface area contributed by atoms with Gasteiger partial charge in [0, 0.05) is 50.4 Å². The fraction of sp³-hybridized carbons (Fsp3) is 0.333. The minimum atomic E-state index is -0.255. The minimum Gasteiger partial charge on any atom is -0.425 e. The van der Waals surface area contributed by atoms with Crippen LogP contribution in [0.5, 0.6) is 0 Å². The van der Waals surface area contributed by atoms with Crippen molar-refractivity contribution in [1.29, 1.82) is 0 Å². The van der Waals surface area contributed by atoms with Crippen LogP contribution in [-0.2, 0) is 6.54 Å². The Morgan fingerprint density at radius 1 is 1.06 bits per heavy atom. The van der Waals surface area contributed by atoms with E-state index in [9.17, 15) is 4.39 Å². The van der Waals surface area contributed by atoms with Gasteiger partial charge in [-0.3, -0.25) is 10.2 Å². The average Bonchev–Trinajstić information content (AvgIpc) is 3.40. The van der Waals surface area contributed by atoms with Gasteiger partial charge in [-0.2, -0.15) is 19.6 Å². The van der Waals surface area contributed by atoms with E-state index in [0.29, 0.717) is 34.7 Å². The summed E-state index contributed by atoms with van der Waals surface area (Å²) < 4.78 is 21.8. The van der Waals surface area contributed by atoms with Gasteiger partial charge in [0.1, 0.15) is 18.5 Å². The molecule has 5 rings (SSSR count). The van der Waals surface area contributed by atoms with E-state index in [2.05, 4.69) is 35.2 Å². The van der Waals surface area contributed by atoms with Crippen molar-refractivity contribution in [3.63, 3.8) is 0 Å². The molecule has 1 aromatic carbocycles. The lowest BCUT2D eigenvalue weighted by Gasteiger charge is -2.22. The van der Waals surface area contributed by atoms with Crippen LogP contribution < -0.4 is 10.2 Å². The number of nitrogens with zero attached hydrogens (tertiary/aromatic N) is 7. The lowest BCUT2D eigenvalue weighted by molar-refractivity contribution is 0.281. The molecule has 1 N–H and O–H groups in total. The Hall–Kier alpha value is -3.24. The number of furan rings is 1. The molecule has 0 atom stereocenters. The van der Waals surface area contributed by atoms with Crippen LogP contribution >= 0.6 is 11.6 Å². The van der Waals surface area contributed by atoms with Gasteiger partial charge in [0.2, 0.25) is 11.8 Å². The monoisotopic (exact) mass is 456 g/mol. The first-order valence-corrected chi connectivity index (χ1v) is 10.7. The molecule has 4 aromatic rings. The Kier molecular flexibility index (Phi) is 5.62. The van der Waals surface area contributed by atoms with Gasteiger partial charge in [-0.15, -0.1) is 0 Å². The van der Waals surface area contributed by atoms with E-state index in [1.807, 2.05) is 19.1 Å². The van der Waals surface area contributed by atoms with Crippen LogP contribution in [0, 0.1) is 12.7 Å². The normalized spacial score (nSPS) is 15.3. The Morgan fingerprint density at radius 2 is 1.94 bits per heavy atom. The molecule has 0 bridgehead atoms. The summed E-state index contributed by atoms with van der Waals surface area (Å²) in [5.41, 5.74) is 1.45. The van der Waals surface area contributed by atoms with Crippen LogP contribution in [-0.4, -0.2) is 55.6 Å². The predicted molar refractivity (Wildman–Crippen MR) is 119 cm³/mol. The van der Waals surface area contributed by atoms with Gasteiger partial charge in [-0.1, -0.05) is 17.7 Å². The number of nitrogens with one attached hydrogen (secondary N) is 1. The van der Waals surface area contributed by atoms with E-state index in [1.165, 1.54) is 23.2 Å². The first kappa shape index (κ1) is 20.7. The van der Waals surface area contributed by atoms with Gasteiger partial charge in [0.05, 0.1) is 5.02 Å². The zero-order chi connectivity index (χ0) is 22.1. The standard InChI is InChI=1S/C21H22ClFN8O/c1-14-3-4-16(23)15(19(14)22)11-29-7-2-8-30(10-9-29)18-6-5-17(32-18)28-21-25-12-24-20-26-13-27-31(20)21/h3-6,12-13H,2,7-11H2,1H3,(H,24,25,26,27,28). The van der Waals surface area contributed by atoms with Crippen molar-refractivity contribution >= 4 is 35.1 Å². The topological polar surface area (TPSA) is 87.6 Å². The molecule has 0 aliphatic carbocycles. The summed E-state index contributed by atoms with van der Waals surface area (Å²) in [6, 6.07) is 6.98. The van der Waals surface area contributed by atoms with Crippen LogP contribution in [0.1, 0.15) is 17.5 Å². The van der Waals surface area contributed by atoms with Crippen LogP contribution in [0.15, 0.2) is 41.3 Å². The molecule has 1 aliphatic rings. The fourth-order valence-corrected chi connectivity index (χ4v) is 4.07. The summed E-state index contributed by atoms with van der Waals surface area (Å²) in [5.74, 6) is 1.97. The molecule has 1 saturated heterocycles. The average molecular weight is 457 g/mol. The number of hydrogen-bond donors (Lipinski definition) is 1. The number of halogens is 2. The second kappa shape index (κ2) is 8.71. The predicted octanol–water partition coefficient (Wildman–Crippen LogP) is 3.67. The Balaban J connectivity index is 1.25. The molecule has 11 heteroatoms. The number of hydrogen-bond acceptors (Lipinski definition) is 8. The van der Waals surface area contributed by atoms with Crippen LogP contribution in [0.2, 0.25) is 5.02 Å². The van der Waals surface area contributed by atoms with Gasteiger partial charge in [-0.05, 0) is 25.0 Å². The first-order valence-electron chi connectivity index (χ1n) is 10.4. The number of benzene rings is 1. The second-order valence-electron chi connectivity index (χ2n) is 7.71. The Morgan fingerprint density at radius 3 is 2.84 bits per heavy atom. The molecule has 32 heavy (non-hydrogen) atoms. The minimum absolute atomic E-state index is 0.255. The summed E-state index contributed by atoms with van der Waals surface area (Å²) >= 11 is 6.36. The summed E-state index contributed by atoms with van der Waals surface area (Å²) in [4.78, 5) is 16.7. The summed E-state index contributed by atoms with van der Waals surface area (Å²) in [6.07, 6.45) is 3.77. The lowest BCUT2D eigenvalue weighted by Crippen LogP contribution is -2.30. The molecule has 0 radical (unpaired) electrons. The van der Waals surface area contributed by atoms with Crippen LogP contribution in [0.4, 0.5) is 22.1 Å². The number of aromatic nitrogens is 5. The maximum absolute atomic E-state index is 14.3. The van der Waals surface area contributed by atoms with E-state index in [0.717, 1.165) is 44.0 Å². The highest BCUT2D eigenvalue weighted by atomic mass is 35.5. The number of fused-ring (bicyclic) bond motifs is 1. The van der Waals surface area contributed by atoms with Gasteiger partial charge in [0.15, 0.2) is 5.88 Å². The molecular weight excluding hydrogens is 435 g/mol. The maximum Gasteiger partial charge on any atom is 0.256 e. The van der Waals surface area contributed by atoms with Crippen molar-refractivity contribution in [2.45, 2.75) is 19.9 Å². The molecule has 0 spiro atoms. The number of aryl methyl sites for hydroxylation is 1. The molecular formula is C21H22ClFN8O. The van der Waals surface area contributed by atoms with E-state index < -0.39 is 0 Å². The van der Waals surface area contributed by atoms with Gasteiger partial charge in [0.25, 0.3) is 5.78 Å². The summed E-state index contributed by atoms with van der Waals surface area (Å²) in [6.45, 7) is 5.63.